The Morgan fingerprint density at radius 3 is 2.56 bits per heavy atom. The van der Waals surface area contributed by atoms with Crippen LogP contribution in [0.2, 0.25) is 0 Å². The maximum Gasteiger partial charge on any atom is 0.266 e. The Labute approximate surface area is 55.5 Å². The Morgan fingerprint density at radius 1 is 1.67 bits per heavy atom. The Morgan fingerprint density at radius 2 is 2.33 bits per heavy atom. The highest BCUT2D eigenvalue weighted by Crippen LogP contribution is 2.07. The minimum absolute atomic E-state index is 0.405. The molecule has 1 heterocycles. The first-order valence-corrected chi connectivity index (χ1v) is 2.87. The molecule has 0 fully saturated rings. The van der Waals surface area contributed by atoms with Crippen LogP contribution in [-0.4, -0.2) is 22.9 Å². The van der Waals surface area contributed by atoms with Gasteiger partial charge in [0.2, 0.25) is 0 Å². The van der Waals surface area contributed by atoms with Crippen molar-refractivity contribution in [2.24, 2.45) is 0 Å². The molecule has 2 radical (unpaired) electrons. The van der Waals surface area contributed by atoms with Gasteiger partial charge in [-0.2, -0.15) is 0 Å². The van der Waals surface area contributed by atoms with Crippen molar-refractivity contribution in [1.82, 2.24) is 14.9 Å². The summed E-state index contributed by atoms with van der Waals surface area (Å²) in [6.07, 6.45) is 1.71. The number of rotatable bonds is 1. The van der Waals surface area contributed by atoms with Crippen LogP contribution in [0.4, 0.5) is 0 Å². The Kier molecular flexibility index (Phi) is 1.55. The molecule has 0 aromatic carbocycles. The van der Waals surface area contributed by atoms with Gasteiger partial charge < -0.3 is 4.59 Å². The second kappa shape index (κ2) is 2.21. The van der Waals surface area contributed by atoms with Crippen molar-refractivity contribution in [2.45, 2.75) is 19.8 Å². The second-order valence-electron chi connectivity index (χ2n) is 2.28. The molecule has 0 bridgehead atoms. The van der Waals surface area contributed by atoms with E-state index in [1.807, 2.05) is 13.8 Å². The first kappa shape index (κ1) is 6.33. The fraction of sp³-hybridized carbons (Fsp3) is 0.600. The monoisotopic (exact) mass is 121 g/mol. The summed E-state index contributed by atoms with van der Waals surface area (Å²) in [6.45, 7) is 4.09. The fourth-order valence-corrected chi connectivity index (χ4v) is 0.555. The number of hydrogen-bond acceptors (Lipinski definition) is 2. The molecule has 0 aliphatic carbocycles. The summed E-state index contributed by atoms with van der Waals surface area (Å²) in [5, 5.41) is 7.39. The molecule has 4 heteroatoms. The summed E-state index contributed by atoms with van der Waals surface area (Å²) >= 11 is 0. The molecule has 0 amide bonds. The number of hydrogen-bond donors (Lipinski definition) is 0. The lowest BCUT2D eigenvalue weighted by atomic mass is 10.1. The number of aromatic nitrogens is 3. The second-order valence-corrected chi connectivity index (χ2v) is 2.28. The molecular weight excluding hydrogens is 113 g/mol. The molecule has 1 aromatic heterocycles. The molecular formula is C5H8BN3. The van der Waals surface area contributed by atoms with Crippen LogP contribution in [0.1, 0.15) is 25.5 Å². The van der Waals surface area contributed by atoms with E-state index in [9.17, 15) is 0 Å². The highest BCUT2D eigenvalue weighted by atomic mass is 15.4. The highest BCUT2D eigenvalue weighted by Gasteiger charge is 2.00. The fourth-order valence-electron chi connectivity index (χ4n) is 0.555. The van der Waals surface area contributed by atoms with Crippen LogP contribution in [0.25, 0.3) is 0 Å². The third-order valence-electron chi connectivity index (χ3n) is 1.12. The maximum absolute atomic E-state index is 5.26. The lowest BCUT2D eigenvalue weighted by molar-refractivity contribution is 0.797. The highest BCUT2D eigenvalue weighted by molar-refractivity contribution is 6.05. The summed E-state index contributed by atoms with van der Waals surface area (Å²) in [5.74, 6) is 0.405. The molecule has 0 unspecified atom stereocenters. The molecule has 46 valence electrons. The van der Waals surface area contributed by atoms with Gasteiger partial charge in [-0.1, -0.05) is 19.1 Å². The quantitative estimate of drug-likeness (QED) is 0.501. The van der Waals surface area contributed by atoms with Crippen molar-refractivity contribution in [1.29, 1.82) is 0 Å². The lowest BCUT2D eigenvalue weighted by Crippen LogP contribution is -1.89. The predicted molar refractivity (Wildman–Crippen MR) is 35.3 cm³/mol. The first-order valence-electron chi connectivity index (χ1n) is 2.87. The Balaban J connectivity index is 2.85. The van der Waals surface area contributed by atoms with Crippen molar-refractivity contribution in [2.75, 3.05) is 0 Å². The van der Waals surface area contributed by atoms with Crippen molar-refractivity contribution >= 4 is 7.98 Å². The topological polar surface area (TPSA) is 30.7 Å². The van der Waals surface area contributed by atoms with Crippen molar-refractivity contribution < 1.29 is 0 Å². The van der Waals surface area contributed by atoms with Gasteiger partial charge in [-0.3, -0.25) is 0 Å². The van der Waals surface area contributed by atoms with E-state index in [1.165, 1.54) is 4.59 Å². The van der Waals surface area contributed by atoms with Crippen LogP contribution in [0.15, 0.2) is 6.20 Å². The molecule has 0 aliphatic rings. The summed E-state index contributed by atoms with van der Waals surface area (Å²) in [7, 11) is 5.26. The average Bonchev–Trinajstić information content (AvgIpc) is 2.14. The average molecular weight is 121 g/mol. The zero-order chi connectivity index (χ0) is 6.85. The van der Waals surface area contributed by atoms with Crippen LogP contribution in [-0.2, 0) is 0 Å². The summed E-state index contributed by atoms with van der Waals surface area (Å²) in [6, 6.07) is 0. The SMILES string of the molecule is [B]n1cc(C(C)C)nn1. The molecule has 0 atom stereocenters. The molecule has 0 saturated heterocycles. The van der Waals surface area contributed by atoms with Gasteiger partial charge in [0.05, 0.1) is 5.69 Å². The van der Waals surface area contributed by atoms with Crippen LogP contribution in [0, 0.1) is 0 Å². The van der Waals surface area contributed by atoms with Gasteiger partial charge in [0.1, 0.15) is 0 Å². The first-order chi connectivity index (χ1) is 4.20. The zero-order valence-corrected chi connectivity index (χ0v) is 5.57. The summed E-state index contributed by atoms with van der Waals surface area (Å²) in [5.41, 5.74) is 0.928. The largest absolute Gasteiger partial charge is 0.311 e. The lowest BCUT2D eigenvalue weighted by Gasteiger charge is -1.93. The van der Waals surface area contributed by atoms with Crippen LogP contribution >= 0.6 is 0 Å². The number of nitrogens with zero attached hydrogens (tertiary/aromatic N) is 3. The van der Waals surface area contributed by atoms with E-state index in [0.29, 0.717) is 5.92 Å². The van der Waals surface area contributed by atoms with E-state index >= 15 is 0 Å². The minimum atomic E-state index is 0.405. The van der Waals surface area contributed by atoms with Gasteiger partial charge in [0, 0.05) is 6.20 Å². The van der Waals surface area contributed by atoms with Gasteiger partial charge >= 0.3 is 0 Å². The van der Waals surface area contributed by atoms with Crippen LogP contribution < -0.4 is 0 Å². The maximum atomic E-state index is 5.26. The van der Waals surface area contributed by atoms with Crippen molar-refractivity contribution in [3.63, 3.8) is 0 Å². The zero-order valence-electron chi connectivity index (χ0n) is 5.57. The van der Waals surface area contributed by atoms with Crippen LogP contribution in [0.3, 0.4) is 0 Å². The van der Waals surface area contributed by atoms with Gasteiger partial charge in [0.25, 0.3) is 7.98 Å². The third-order valence-corrected chi connectivity index (χ3v) is 1.12. The molecule has 1 rings (SSSR count). The molecule has 0 saturated carbocycles. The van der Waals surface area contributed by atoms with Crippen molar-refractivity contribution in [3.05, 3.63) is 11.9 Å². The Hall–Kier alpha value is -0.795. The molecule has 1 aromatic rings. The third kappa shape index (κ3) is 1.31. The van der Waals surface area contributed by atoms with Gasteiger partial charge in [-0.15, -0.1) is 5.10 Å². The van der Waals surface area contributed by atoms with Crippen LogP contribution in [0.5, 0.6) is 0 Å². The van der Waals surface area contributed by atoms with E-state index in [0.717, 1.165) is 5.69 Å². The van der Waals surface area contributed by atoms with Gasteiger partial charge in [-0.05, 0) is 5.92 Å². The standard InChI is InChI=1S/C5H8BN3/c1-4(2)5-3-9(6)8-7-5/h3-4H,1-2H3. The molecule has 0 N–H and O–H groups in total. The van der Waals surface area contributed by atoms with Gasteiger partial charge in [-0.25, -0.2) is 0 Å². The minimum Gasteiger partial charge on any atom is -0.311 e. The molecule has 0 aliphatic heterocycles. The van der Waals surface area contributed by atoms with E-state index in [1.54, 1.807) is 6.20 Å². The molecule has 9 heavy (non-hydrogen) atoms. The Bertz CT molecular complexity index is 194. The normalized spacial score (nSPS) is 10.6. The van der Waals surface area contributed by atoms with E-state index < -0.39 is 0 Å². The van der Waals surface area contributed by atoms with E-state index in [4.69, 9.17) is 7.98 Å². The van der Waals surface area contributed by atoms with Gasteiger partial charge in [0.15, 0.2) is 0 Å². The summed E-state index contributed by atoms with van der Waals surface area (Å²) < 4.78 is 1.22. The molecule has 0 spiro atoms. The smallest absolute Gasteiger partial charge is 0.266 e. The molecule has 3 nitrogen and oxygen atoms in total. The van der Waals surface area contributed by atoms with E-state index in [-0.39, 0.29) is 0 Å². The summed E-state index contributed by atoms with van der Waals surface area (Å²) in [4.78, 5) is 0. The predicted octanol–water partition coefficient (Wildman–Crippen LogP) is 0.333. The van der Waals surface area contributed by atoms with E-state index in [2.05, 4.69) is 10.3 Å². The van der Waals surface area contributed by atoms with Crippen molar-refractivity contribution in [3.8, 4) is 0 Å².